The number of rotatable bonds is 7. The molecule has 32 heavy (non-hydrogen) atoms. The molecule has 0 fully saturated rings. The van der Waals surface area contributed by atoms with Gasteiger partial charge in [0.25, 0.3) is 15.8 Å². The smallest absolute Gasteiger partial charge is 0.451 e. The second-order valence-electron chi connectivity index (χ2n) is 7.43. The predicted octanol–water partition coefficient (Wildman–Crippen LogP) is 3.98. The molecule has 2 aromatic rings. The van der Waals surface area contributed by atoms with E-state index < -0.39 is 51.3 Å². The van der Waals surface area contributed by atoms with Gasteiger partial charge < -0.3 is 9.84 Å². The van der Waals surface area contributed by atoms with Gasteiger partial charge in [0.15, 0.2) is 5.92 Å². The number of ketones is 1. The number of halogens is 3. The van der Waals surface area contributed by atoms with Crippen molar-refractivity contribution in [2.75, 3.05) is 4.72 Å². The minimum Gasteiger partial charge on any atom is -0.508 e. The predicted molar refractivity (Wildman–Crippen MR) is 110 cm³/mol. The fourth-order valence-electron chi connectivity index (χ4n) is 3.00. The molecule has 1 atom stereocenters. The van der Waals surface area contributed by atoms with Gasteiger partial charge in [0, 0.05) is 11.3 Å². The molecule has 0 aromatic heterocycles. The van der Waals surface area contributed by atoms with Crippen LogP contribution in [-0.4, -0.2) is 37.6 Å². The van der Waals surface area contributed by atoms with E-state index in [0.29, 0.717) is 5.56 Å². The Bertz CT molecular complexity index is 1140. The van der Waals surface area contributed by atoms with E-state index in [-0.39, 0.29) is 10.6 Å². The van der Waals surface area contributed by atoms with E-state index in [4.69, 9.17) is 4.74 Å². The minimum atomic E-state index is -5.40. The SMILES string of the molecule is Cc1ccc(S(=O)(=O)Nc2ccc(O)c([C@H](C(=O)OC(C)C)C(=O)C(F)(F)F)c2)c(C)c1. The second-order valence-corrected chi connectivity index (χ2v) is 9.08. The average Bonchev–Trinajstić information content (AvgIpc) is 2.62. The number of sulfonamides is 1. The number of phenols is 1. The summed E-state index contributed by atoms with van der Waals surface area (Å²) in [6.07, 6.45) is -6.24. The average molecular weight is 473 g/mol. The van der Waals surface area contributed by atoms with Gasteiger partial charge in [-0.05, 0) is 57.5 Å². The zero-order valence-corrected chi connectivity index (χ0v) is 18.5. The molecular formula is C21H22F3NO6S. The fraction of sp³-hybridized carbons (Fsp3) is 0.333. The highest BCUT2D eigenvalue weighted by molar-refractivity contribution is 7.92. The Kier molecular flexibility index (Phi) is 7.23. The van der Waals surface area contributed by atoms with Crippen molar-refractivity contribution in [2.24, 2.45) is 0 Å². The summed E-state index contributed by atoms with van der Waals surface area (Å²) in [6.45, 7) is 6.10. The molecule has 0 aliphatic heterocycles. The molecule has 2 rings (SSSR count). The number of Topliss-reactive ketones (excluding diaryl/α,β-unsaturated/α-hetero) is 1. The van der Waals surface area contributed by atoms with E-state index in [0.717, 1.165) is 23.8 Å². The van der Waals surface area contributed by atoms with Crippen LogP contribution in [-0.2, 0) is 24.3 Å². The van der Waals surface area contributed by atoms with Crippen LogP contribution < -0.4 is 4.72 Å². The minimum absolute atomic E-state index is 0.0696. The Morgan fingerprint density at radius 1 is 1.06 bits per heavy atom. The molecule has 2 N–H and O–H groups in total. The third-order valence-corrected chi connectivity index (χ3v) is 5.88. The Balaban J connectivity index is 2.53. The van der Waals surface area contributed by atoms with E-state index in [1.807, 2.05) is 0 Å². The molecule has 11 heteroatoms. The van der Waals surface area contributed by atoms with Gasteiger partial charge in [-0.3, -0.25) is 14.3 Å². The van der Waals surface area contributed by atoms with E-state index in [1.54, 1.807) is 26.0 Å². The summed E-state index contributed by atoms with van der Waals surface area (Å²) in [5.41, 5.74) is 0.265. The number of nitrogens with one attached hydrogen (secondary N) is 1. The maximum atomic E-state index is 13.1. The van der Waals surface area contributed by atoms with Crippen LogP contribution in [0.4, 0.5) is 18.9 Å². The first-order chi connectivity index (χ1) is 14.6. The van der Waals surface area contributed by atoms with Crippen molar-refractivity contribution in [3.63, 3.8) is 0 Å². The number of carbonyl (C=O) groups is 2. The maximum absolute atomic E-state index is 13.1. The van der Waals surface area contributed by atoms with Gasteiger partial charge in [-0.25, -0.2) is 8.42 Å². The summed E-state index contributed by atoms with van der Waals surface area (Å²) < 4.78 is 71.9. The number of benzene rings is 2. The quantitative estimate of drug-likeness (QED) is 0.358. The molecular weight excluding hydrogens is 451 g/mol. The number of hydrogen-bond donors (Lipinski definition) is 2. The number of esters is 1. The van der Waals surface area contributed by atoms with Crippen molar-refractivity contribution in [3.05, 3.63) is 53.1 Å². The van der Waals surface area contributed by atoms with Crippen LogP contribution in [0.5, 0.6) is 5.75 Å². The van der Waals surface area contributed by atoms with Crippen molar-refractivity contribution in [3.8, 4) is 5.75 Å². The highest BCUT2D eigenvalue weighted by atomic mass is 32.2. The van der Waals surface area contributed by atoms with E-state index in [9.17, 15) is 36.3 Å². The molecule has 0 saturated carbocycles. The summed E-state index contributed by atoms with van der Waals surface area (Å²) in [4.78, 5) is 24.2. The molecule has 0 spiro atoms. The Morgan fingerprint density at radius 3 is 2.22 bits per heavy atom. The lowest BCUT2D eigenvalue weighted by molar-refractivity contribution is -0.178. The van der Waals surface area contributed by atoms with Crippen molar-refractivity contribution in [2.45, 2.75) is 50.8 Å². The highest BCUT2D eigenvalue weighted by Crippen LogP contribution is 2.36. The van der Waals surface area contributed by atoms with Crippen molar-refractivity contribution >= 4 is 27.5 Å². The van der Waals surface area contributed by atoms with Gasteiger partial charge in [0.1, 0.15) is 5.75 Å². The number of aromatic hydroxyl groups is 1. The van der Waals surface area contributed by atoms with E-state index in [2.05, 4.69) is 4.72 Å². The number of aryl methyl sites for hydroxylation is 2. The summed E-state index contributed by atoms with van der Waals surface area (Å²) in [5, 5.41) is 10.1. The van der Waals surface area contributed by atoms with Gasteiger partial charge in [-0.2, -0.15) is 13.2 Å². The Hall–Kier alpha value is -3.08. The van der Waals surface area contributed by atoms with Gasteiger partial charge >= 0.3 is 12.1 Å². The number of ether oxygens (including phenoxy) is 1. The van der Waals surface area contributed by atoms with Crippen LogP contribution >= 0.6 is 0 Å². The van der Waals surface area contributed by atoms with Crippen LogP contribution in [0.25, 0.3) is 0 Å². The fourth-order valence-corrected chi connectivity index (χ4v) is 4.28. The lowest BCUT2D eigenvalue weighted by Gasteiger charge is -2.20. The normalized spacial score (nSPS) is 13.0. The lowest BCUT2D eigenvalue weighted by atomic mass is 9.93. The van der Waals surface area contributed by atoms with Crippen LogP contribution in [0.2, 0.25) is 0 Å². The molecule has 2 aromatic carbocycles. The highest BCUT2D eigenvalue weighted by Gasteiger charge is 2.48. The molecule has 0 aliphatic carbocycles. The van der Waals surface area contributed by atoms with Crippen LogP contribution in [0.1, 0.15) is 36.5 Å². The summed E-state index contributed by atoms with van der Waals surface area (Å²) in [5.74, 6) is -7.30. The molecule has 0 amide bonds. The first-order valence-electron chi connectivity index (χ1n) is 9.38. The first kappa shape index (κ1) is 25.2. The molecule has 0 radical (unpaired) electrons. The molecule has 0 unspecified atom stereocenters. The van der Waals surface area contributed by atoms with E-state index >= 15 is 0 Å². The van der Waals surface area contributed by atoms with Crippen molar-refractivity contribution in [1.29, 1.82) is 0 Å². The first-order valence-corrected chi connectivity index (χ1v) is 10.9. The zero-order valence-electron chi connectivity index (χ0n) is 17.6. The zero-order chi connectivity index (χ0) is 24.4. The monoisotopic (exact) mass is 473 g/mol. The lowest BCUT2D eigenvalue weighted by Crippen LogP contribution is -2.35. The maximum Gasteiger partial charge on any atom is 0.451 e. The molecule has 0 heterocycles. The van der Waals surface area contributed by atoms with Gasteiger partial charge in [0.05, 0.1) is 11.0 Å². The number of hydrogen-bond acceptors (Lipinski definition) is 6. The molecule has 0 bridgehead atoms. The Morgan fingerprint density at radius 2 is 1.69 bits per heavy atom. The topological polar surface area (TPSA) is 110 Å². The van der Waals surface area contributed by atoms with Crippen molar-refractivity contribution < 1.29 is 41.0 Å². The van der Waals surface area contributed by atoms with Gasteiger partial charge in [0.2, 0.25) is 0 Å². The largest absolute Gasteiger partial charge is 0.508 e. The number of anilines is 1. The van der Waals surface area contributed by atoms with Gasteiger partial charge in [-0.1, -0.05) is 17.7 Å². The number of phenolic OH excluding ortho intramolecular Hbond substituents is 1. The molecule has 7 nitrogen and oxygen atoms in total. The number of carbonyl (C=O) groups excluding carboxylic acids is 2. The summed E-state index contributed by atoms with van der Waals surface area (Å²) >= 11 is 0. The van der Waals surface area contributed by atoms with Crippen LogP contribution in [0, 0.1) is 13.8 Å². The van der Waals surface area contributed by atoms with Crippen LogP contribution in [0.15, 0.2) is 41.3 Å². The van der Waals surface area contributed by atoms with E-state index in [1.165, 1.54) is 19.9 Å². The van der Waals surface area contributed by atoms with Crippen molar-refractivity contribution in [1.82, 2.24) is 0 Å². The summed E-state index contributed by atoms with van der Waals surface area (Å²) in [7, 11) is -4.16. The molecule has 0 saturated heterocycles. The Labute approximate surface area is 183 Å². The third-order valence-electron chi connectivity index (χ3n) is 4.34. The summed E-state index contributed by atoms with van der Waals surface area (Å²) in [6, 6.07) is 7.34. The molecule has 0 aliphatic rings. The standard InChI is InChI=1S/C21H22F3NO6S/c1-11(2)31-20(28)18(19(27)21(22,23)24)15-10-14(6-7-16(15)26)25-32(29,30)17-8-5-12(3)9-13(17)4/h5-11,18,25-26H,1-4H3/t18-/m0/s1. The van der Waals surface area contributed by atoms with Crippen LogP contribution in [0.3, 0.4) is 0 Å². The van der Waals surface area contributed by atoms with Gasteiger partial charge in [-0.15, -0.1) is 0 Å². The number of alkyl halides is 3. The third kappa shape index (κ3) is 5.78. The second kappa shape index (κ2) is 9.19. The molecule has 174 valence electrons.